The van der Waals surface area contributed by atoms with Gasteiger partial charge in [0.2, 0.25) is 5.76 Å². The van der Waals surface area contributed by atoms with Crippen LogP contribution in [-0.4, -0.2) is 48.1 Å². The molecule has 0 atom stereocenters. The first-order chi connectivity index (χ1) is 11.7. The van der Waals surface area contributed by atoms with E-state index in [1.807, 2.05) is 0 Å². The minimum Gasteiger partial charge on any atom is -0.465 e. The number of oxazole rings is 1. The Bertz CT molecular complexity index is 709. The molecule has 3 rings (SSSR count). The highest BCUT2D eigenvalue weighted by Gasteiger charge is 2.23. The van der Waals surface area contributed by atoms with Crippen molar-refractivity contribution in [3.8, 4) is 0 Å². The fourth-order valence-corrected chi connectivity index (χ4v) is 2.67. The molecular formula is C16H18N4O4. The Labute approximate surface area is 138 Å². The second-order valence-corrected chi connectivity index (χ2v) is 5.49. The molecule has 1 saturated heterocycles. The lowest BCUT2D eigenvalue weighted by atomic mass is 10.0. The fourth-order valence-electron chi connectivity index (χ4n) is 2.67. The Morgan fingerprint density at radius 1 is 1.38 bits per heavy atom. The summed E-state index contributed by atoms with van der Waals surface area (Å²) in [7, 11) is 1.35. The molecule has 0 aliphatic carbocycles. The average molecular weight is 330 g/mol. The molecule has 1 aliphatic rings. The maximum atomic E-state index is 12.0. The zero-order valence-electron chi connectivity index (χ0n) is 13.3. The lowest BCUT2D eigenvalue weighted by Gasteiger charge is -2.33. The SMILES string of the molecule is COC(=O)c1ccnc(N2CCC(NC(=O)c3cnco3)CC2)c1. The van der Waals surface area contributed by atoms with Crippen LogP contribution in [0.25, 0.3) is 0 Å². The number of nitrogens with zero attached hydrogens (tertiary/aromatic N) is 3. The third-order valence-electron chi connectivity index (χ3n) is 3.98. The van der Waals surface area contributed by atoms with E-state index < -0.39 is 0 Å². The second-order valence-electron chi connectivity index (χ2n) is 5.49. The summed E-state index contributed by atoms with van der Waals surface area (Å²) in [4.78, 5) is 33.7. The summed E-state index contributed by atoms with van der Waals surface area (Å²) in [5, 5.41) is 2.94. The largest absolute Gasteiger partial charge is 0.465 e. The average Bonchev–Trinajstić information content (AvgIpc) is 3.16. The summed E-state index contributed by atoms with van der Waals surface area (Å²) in [5.74, 6) is 0.312. The predicted molar refractivity (Wildman–Crippen MR) is 84.8 cm³/mol. The van der Waals surface area contributed by atoms with Crippen molar-refractivity contribution in [3.63, 3.8) is 0 Å². The summed E-state index contributed by atoms with van der Waals surface area (Å²) in [6.45, 7) is 1.47. The first-order valence-corrected chi connectivity index (χ1v) is 7.66. The molecule has 0 aromatic carbocycles. The second kappa shape index (κ2) is 7.12. The van der Waals surface area contributed by atoms with Crippen molar-refractivity contribution in [3.05, 3.63) is 42.2 Å². The summed E-state index contributed by atoms with van der Waals surface area (Å²) < 4.78 is 9.71. The monoisotopic (exact) mass is 330 g/mol. The van der Waals surface area contributed by atoms with Gasteiger partial charge in [-0.15, -0.1) is 0 Å². The zero-order chi connectivity index (χ0) is 16.9. The summed E-state index contributed by atoms with van der Waals surface area (Å²) >= 11 is 0. The van der Waals surface area contributed by atoms with Gasteiger partial charge in [0.1, 0.15) is 5.82 Å². The van der Waals surface area contributed by atoms with E-state index in [0.29, 0.717) is 5.56 Å². The van der Waals surface area contributed by atoms with Crippen molar-refractivity contribution < 1.29 is 18.7 Å². The lowest BCUT2D eigenvalue weighted by molar-refractivity contribution is 0.0600. The van der Waals surface area contributed by atoms with Gasteiger partial charge < -0.3 is 19.4 Å². The molecule has 8 nitrogen and oxygen atoms in total. The maximum absolute atomic E-state index is 12.0. The van der Waals surface area contributed by atoms with E-state index in [1.54, 1.807) is 18.3 Å². The Morgan fingerprint density at radius 2 is 2.17 bits per heavy atom. The van der Waals surface area contributed by atoms with Crippen LogP contribution in [0.5, 0.6) is 0 Å². The van der Waals surface area contributed by atoms with E-state index >= 15 is 0 Å². The van der Waals surface area contributed by atoms with Gasteiger partial charge in [-0.3, -0.25) is 4.79 Å². The minimum atomic E-state index is -0.382. The Kier molecular flexibility index (Phi) is 4.74. The highest BCUT2D eigenvalue weighted by Crippen LogP contribution is 2.19. The smallest absolute Gasteiger partial charge is 0.338 e. The number of aromatic nitrogens is 2. The van der Waals surface area contributed by atoms with Gasteiger partial charge in [-0.25, -0.2) is 14.8 Å². The third kappa shape index (κ3) is 3.53. The number of ether oxygens (including phenoxy) is 1. The van der Waals surface area contributed by atoms with Crippen LogP contribution in [0.2, 0.25) is 0 Å². The molecule has 0 spiro atoms. The number of carbonyl (C=O) groups is 2. The molecule has 0 saturated carbocycles. The number of piperidine rings is 1. The van der Waals surface area contributed by atoms with E-state index in [4.69, 9.17) is 9.15 Å². The first kappa shape index (κ1) is 16.0. The molecule has 24 heavy (non-hydrogen) atoms. The molecule has 2 aromatic heterocycles. The number of hydrogen-bond donors (Lipinski definition) is 1. The number of methoxy groups -OCH3 is 1. The van der Waals surface area contributed by atoms with Gasteiger partial charge in [-0.1, -0.05) is 0 Å². The highest BCUT2D eigenvalue weighted by atomic mass is 16.5. The number of hydrogen-bond acceptors (Lipinski definition) is 7. The van der Waals surface area contributed by atoms with Crippen molar-refractivity contribution in [2.75, 3.05) is 25.1 Å². The van der Waals surface area contributed by atoms with Gasteiger partial charge in [0.25, 0.3) is 5.91 Å². The zero-order valence-corrected chi connectivity index (χ0v) is 13.3. The fraction of sp³-hybridized carbons (Fsp3) is 0.375. The molecule has 2 aromatic rings. The number of esters is 1. The van der Waals surface area contributed by atoms with Crippen molar-refractivity contribution in [1.29, 1.82) is 0 Å². The summed E-state index contributed by atoms with van der Waals surface area (Å²) in [5.41, 5.74) is 0.475. The van der Waals surface area contributed by atoms with Crippen LogP contribution < -0.4 is 10.2 Å². The van der Waals surface area contributed by atoms with Gasteiger partial charge in [-0.2, -0.15) is 0 Å². The van der Waals surface area contributed by atoms with E-state index in [2.05, 4.69) is 20.2 Å². The molecule has 0 bridgehead atoms. The molecule has 1 N–H and O–H groups in total. The van der Waals surface area contributed by atoms with Crippen LogP contribution in [0.15, 0.2) is 35.3 Å². The number of amides is 1. The van der Waals surface area contributed by atoms with Crippen molar-refractivity contribution >= 4 is 17.7 Å². The lowest BCUT2D eigenvalue weighted by Crippen LogP contribution is -2.44. The molecule has 0 radical (unpaired) electrons. The van der Waals surface area contributed by atoms with Crippen LogP contribution in [0.1, 0.15) is 33.8 Å². The van der Waals surface area contributed by atoms with Gasteiger partial charge in [-0.05, 0) is 25.0 Å². The Morgan fingerprint density at radius 3 is 2.83 bits per heavy atom. The highest BCUT2D eigenvalue weighted by molar-refractivity contribution is 5.91. The maximum Gasteiger partial charge on any atom is 0.338 e. The van der Waals surface area contributed by atoms with Gasteiger partial charge in [0, 0.05) is 25.3 Å². The predicted octanol–water partition coefficient (Wildman–Crippen LogP) is 1.25. The van der Waals surface area contributed by atoms with Gasteiger partial charge in [0.05, 0.1) is 18.9 Å². The van der Waals surface area contributed by atoms with Gasteiger partial charge in [0.15, 0.2) is 6.39 Å². The van der Waals surface area contributed by atoms with Crippen molar-refractivity contribution in [2.45, 2.75) is 18.9 Å². The summed E-state index contributed by atoms with van der Waals surface area (Å²) in [6, 6.07) is 3.42. The molecule has 1 fully saturated rings. The minimum absolute atomic E-state index is 0.0719. The van der Waals surface area contributed by atoms with E-state index in [9.17, 15) is 9.59 Å². The molecular weight excluding hydrogens is 312 g/mol. The molecule has 126 valence electrons. The van der Waals surface area contributed by atoms with Crippen LogP contribution >= 0.6 is 0 Å². The van der Waals surface area contributed by atoms with Crippen LogP contribution in [-0.2, 0) is 4.74 Å². The molecule has 1 aliphatic heterocycles. The van der Waals surface area contributed by atoms with Crippen LogP contribution in [0.3, 0.4) is 0 Å². The normalized spacial score (nSPS) is 15.1. The number of carbonyl (C=O) groups excluding carboxylic acids is 2. The number of pyridine rings is 1. The van der Waals surface area contributed by atoms with E-state index in [1.165, 1.54) is 19.7 Å². The number of rotatable bonds is 4. The Hall–Kier alpha value is -2.90. The summed E-state index contributed by atoms with van der Waals surface area (Å²) in [6.07, 6.45) is 5.79. The molecule has 1 amide bonds. The van der Waals surface area contributed by atoms with E-state index in [-0.39, 0.29) is 23.7 Å². The molecule has 3 heterocycles. The topological polar surface area (TPSA) is 97.6 Å². The molecule has 0 unspecified atom stereocenters. The van der Waals surface area contributed by atoms with E-state index in [0.717, 1.165) is 31.7 Å². The quantitative estimate of drug-likeness (QED) is 0.843. The standard InChI is InChI=1S/C16H18N4O4/c1-23-16(22)11-2-5-18-14(8-11)20-6-3-12(4-7-20)19-15(21)13-9-17-10-24-13/h2,5,8-10,12H,3-4,6-7H2,1H3,(H,19,21). The van der Waals surface area contributed by atoms with Crippen LogP contribution in [0.4, 0.5) is 5.82 Å². The number of nitrogens with one attached hydrogen (secondary N) is 1. The van der Waals surface area contributed by atoms with Crippen molar-refractivity contribution in [2.24, 2.45) is 0 Å². The van der Waals surface area contributed by atoms with Crippen LogP contribution in [0, 0.1) is 0 Å². The third-order valence-corrected chi connectivity index (χ3v) is 3.98. The number of anilines is 1. The van der Waals surface area contributed by atoms with Gasteiger partial charge >= 0.3 is 5.97 Å². The Balaban J connectivity index is 1.57. The molecule has 8 heteroatoms. The first-order valence-electron chi connectivity index (χ1n) is 7.66. The van der Waals surface area contributed by atoms with Crippen molar-refractivity contribution in [1.82, 2.24) is 15.3 Å².